The number of guanidine groups is 1. The van der Waals surface area contributed by atoms with E-state index in [9.17, 15) is 4.79 Å². The Morgan fingerprint density at radius 1 is 1.25 bits per heavy atom. The van der Waals surface area contributed by atoms with Gasteiger partial charge in [0.25, 0.3) is 0 Å². The Balaban J connectivity index is 0.00000280. The van der Waals surface area contributed by atoms with E-state index < -0.39 is 0 Å². The van der Waals surface area contributed by atoms with Crippen molar-refractivity contribution in [2.75, 3.05) is 26.7 Å². The van der Waals surface area contributed by atoms with Crippen molar-refractivity contribution in [3.05, 3.63) is 42.1 Å². The Morgan fingerprint density at radius 3 is 2.71 bits per heavy atom. The quantitative estimate of drug-likeness (QED) is 0.380. The zero-order valence-electron chi connectivity index (χ0n) is 16.6. The van der Waals surface area contributed by atoms with E-state index in [0.717, 1.165) is 49.3 Å². The van der Waals surface area contributed by atoms with E-state index in [1.165, 1.54) is 5.56 Å². The van der Waals surface area contributed by atoms with Gasteiger partial charge >= 0.3 is 0 Å². The number of pyridine rings is 1. The molecule has 7 heteroatoms. The fourth-order valence-corrected chi connectivity index (χ4v) is 3.59. The maximum Gasteiger partial charge on any atom is 0.220 e. The molecule has 28 heavy (non-hydrogen) atoms. The number of aromatic nitrogens is 1. The molecule has 1 amide bonds. The van der Waals surface area contributed by atoms with Gasteiger partial charge in [0, 0.05) is 44.7 Å². The number of hydrogen-bond donors (Lipinski definition) is 2. The van der Waals surface area contributed by atoms with Gasteiger partial charge in [-0.05, 0) is 43.4 Å². The molecule has 0 saturated carbocycles. The van der Waals surface area contributed by atoms with Crippen LogP contribution in [0.15, 0.2) is 41.5 Å². The van der Waals surface area contributed by atoms with Crippen LogP contribution in [-0.2, 0) is 11.3 Å². The van der Waals surface area contributed by atoms with Crippen molar-refractivity contribution < 1.29 is 4.79 Å². The Bertz CT molecular complexity index is 797. The summed E-state index contributed by atoms with van der Waals surface area (Å²) in [5.74, 6) is 1.56. The number of nitrogens with zero attached hydrogens (tertiary/aromatic N) is 3. The average molecular weight is 495 g/mol. The molecule has 0 aliphatic carbocycles. The van der Waals surface area contributed by atoms with Crippen LogP contribution in [0.2, 0.25) is 0 Å². The van der Waals surface area contributed by atoms with Crippen LogP contribution in [0.3, 0.4) is 0 Å². The third-order valence-electron chi connectivity index (χ3n) is 5.14. The Kier molecular flexibility index (Phi) is 8.95. The van der Waals surface area contributed by atoms with Crippen molar-refractivity contribution >= 4 is 46.7 Å². The number of piperidine rings is 1. The fraction of sp³-hybridized carbons (Fsp3) is 0.476. The summed E-state index contributed by atoms with van der Waals surface area (Å²) in [5.41, 5.74) is 2.19. The lowest BCUT2D eigenvalue weighted by Crippen LogP contribution is -2.46. The van der Waals surface area contributed by atoms with Crippen LogP contribution >= 0.6 is 24.0 Å². The lowest BCUT2D eigenvalue weighted by Gasteiger charge is -2.34. The number of halogens is 1. The minimum absolute atomic E-state index is 0. The molecule has 0 spiro atoms. The first kappa shape index (κ1) is 22.4. The van der Waals surface area contributed by atoms with Gasteiger partial charge in [-0.2, -0.15) is 0 Å². The molecule has 6 nitrogen and oxygen atoms in total. The number of amides is 1. The summed E-state index contributed by atoms with van der Waals surface area (Å²) in [6.07, 6.45) is 4.53. The topological polar surface area (TPSA) is 69.6 Å². The lowest BCUT2D eigenvalue weighted by molar-refractivity contribution is -0.121. The predicted octanol–water partition coefficient (Wildman–Crippen LogP) is 3.17. The second kappa shape index (κ2) is 11.2. The smallest absolute Gasteiger partial charge is 0.220 e. The molecule has 2 aromatic rings. The fourth-order valence-electron chi connectivity index (χ4n) is 3.59. The van der Waals surface area contributed by atoms with Gasteiger partial charge in [0.15, 0.2) is 5.96 Å². The minimum atomic E-state index is 0. The Labute approximate surface area is 184 Å². The molecule has 152 valence electrons. The normalized spacial score (nSPS) is 15.2. The highest BCUT2D eigenvalue weighted by Crippen LogP contribution is 2.21. The number of nitrogens with one attached hydrogen (secondary N) is 2. The number of benzene rings is 1. The van der Waals surface area contributed by atoms with Gasteiger partial charge in [0.2, 0.25) is 5.91 Å². The number of aliphatic imine (C=N–C) groups is 1. The van der Waals surface area contributed by atoms with Crippen LogP contribution in [0.4, 0.5) is 0 Å². The Morgan fingerprint density at radius 2 is 2.00 bits per heavy atom. The number of fused-ring (bicyclic) bond motifs is 1. The zero-order chi connectivity index (χ0) is 19.1. The van der Waals surface area contributed by atoms with Gasteiger partial charge in [-0.1, -0.05) is 18.2 Å². The van der Waals surface area contributed by atoms with E-state index in [2.05, 4.69) is 33.5 Å². The zero-order valence-corrected chi connectivity index (χ0v) is 19.0. The van der Waals surface area contributed by atoms with E-state index in [1.807, 2.05) is 30.5 Å². The van der Waals surface area contributed by atoms with Crippen LogP contribution in [0.5, 0.6) is 0 Å². The number of likely N-dealkylation sites (tertiary alicyclic amines) is 1. The second-order valence-corrected chi connectivity index (χ2v) is 6.97. The largest absolute Gasteiger partial charge is 0.359 e. The van der Waals surface area contributed by atoms with Crippen molar-refractivity contribution in [2.24, 2.45) is 10.9 Å². The predicted molar refractivity (Wildman–Crippen MR) is 125 cm³/mol. The molecule has 0 radical (unpaired) electrons. The van der Waals surface area contributed by atoms with Gasteiger partial charge in [-0.3, -0.25) is 9.78 Å². The molecule has 0 bridgehead atoms. The minimum Gasteiger partial charge on any atom is -0.359 e. The summed E-state index contributed by atoms with van der Waals surface area (Å²) in [7, 11) is 1.70. The molecule has 1 fully saturated rings. The van der Waals surface area contributed by atoms with E-state index in [1.54, 1.807) is 7.05 Å². The lowest BCUT2D eigenvalue weighted by atomic mass is 9.93. The van der Waals surface area contributed by atoms with Crippen LogP contribution in [0.1, 0.15) is 31.7 Å². The maximum atomic E-state index is 11.6. The van der Waals surface area contributed by atoms with Gasteiger partial charge in [-0.15, -0.1) is 24.0 Å². The monoisotopic (exact) mass is 495 g/mol. The number of carbonyl (C=O) groups is 1. The molecule has 0 atom stereocenters. The second-order valence-electron chi connectivity index (χ2n) is 6.97. The molecule has 2 heterocycles. The van der Waals surface area contributed by atoms with Crippen molar-refractivity contribution in [1.82, 2.24) is 20.5 Å². The summed E-state index contributed by atoms with van der Waals surface area (Å²) in [5, 5.41) is 7.30. The summed E-state index contributed by atoms with van der Waals surface area (Å²) in [4.78, 5) is 23.2. The van der Waals surface area contributed by atoms with Crippen molar-refractivity contribution in [3.8, 4) is 0 Å². The van der Waals surface area contributed by atoms with Gasteiger partial charge < -0.3 is 15.5 Å². The molecule has 1 aromatic carbocycles. The standard InChI is InChI=1S/C21H29N5O.HI/c1-3-23-21(26-12-9-16(10-13-26)14-20(27)22-2)25-15-17-8-11-24-19-7-5-4-6-18(17)19;/h4-8,11,16H,3,9-10,12-15H2,1-2H3,(H,22,27)(H,23,25);1H. The van der Waals surface area contributed by atoms with Crippen molar-refractivity contribution in [1.29, 1.82) is 0 Å². The molecule has 1 aliphatic rings. The van der Waals surface area contributed by atoms with Crippen molar-refractivity contribution in [2.45, 2.75) is 32.7 Å². The van der Waals surface area contributed by atoms with E-state index in [-0.39, 0.29) is 29.9 Å². The third-order valence-corrected chi connectivity index (χ3v) is 5.14. The van der Waals surface area contributed by atoms with E-state index in [0.29, 0.717) is 18.9 Å². The van der Waals surface area contributed by atoms with Gasteiger partial charge in [0.1, 0.15) is 0 Å². The Hall–Kier alpha value is -1.90. The SMILES string of the molecule is CCNC(=NCc1ccnc2ccccc12)N1CCC(CC(=O)NC)CC1.I. The maximum absolute atomic E-state index is 11.6. The van der Waals surface area contributed by atoms with Crippen LogP contribution in [0.25, 0.3) is 10.9 Å². The van der Waals surface area contributed by atoms with E-state index >= 15 is 0 Å². The first-order chi connectivity index (χ1) is 13.2. The van der Waals surface area contributed by atoms with Crippen LogP contribution in [0, 0.1) is 5.92 Å². The van der Waals surface area contributed by atoms with E-state index in [4.69, 9.17) is 4.99 Å². The summed E-state index contributed by atoms with van der Waals surface area (Å²) < 4.78 is 0. The number of hydrogen-bond acceptors (Lipinski definition) is 3. The first-order valence-electron chi connectivity index (χ1n) is 9.77. The molecule has 1 saturated heterocycles. The third kappa shape index (κ3) is 5.80. The van der Waals surface area contributed by atoms with Crippen molar-refractivity contribution in [3.63, 3.8) is 0 Å². The average Bonchev–Trinajstić information content (AvgIpc) is 2.71. The number of carbonyl (C=O) groups excluding carboxylic acids is 1. The summed E-state index contributed by atoms with van der Waals surface area (Å²) >= 11 is 0. The molecule has 1 aromatic heterocycles. The van der Waals surface area contributed by atoms with Gasteiger partial charge in [0.05, 0.1) is 12.1 Å². The summed E-state index contributed by atoms with van der Waals surface area (Å²) in [6, 6.07) is 10.2. The molecule has 0 unspecified atom stereocenters. The summed E-state index contributed by atoms with van der Waals surface area (Å²) in [6.45, 7) is 5.43. The highest BCUT2D eigenvalue weighted by atomic mass is 127. The van der Waals surface area contributed by atoms with Crippen LogP contribution < -0.4 is 10.6 Å². The molecule has 1 aliphatic heterocycles. The molecule has 3 rings (SSSR count). The highest BCUT2D eigenvalue weighted by Gasteiger charge is 2.23. The van der Waals surface area contributed by atoms with Crippen LogP contribution in [-0.4, -0.2) is 48.4 Å². The first-order valence-corrected chi connectivity index (χ1v) is 9.77. The van der Waals surface area contributed by atoms with Gasteiger partial charge in [-0.25, -0.2) is 4.99 Å². The molecular weight excluding hydrogens is 465 g/mol. The molecular formula is C21H30IN5O. The number of para-hydroxylation sites is 1. The highest BCUT2D eigenvalue weighted by molar-refractivity contribution is 14.0. The molecule has 2 N–H and O–H groups in total. The number of rotatable bonds is 5.